The molecule has 6 heteroatoms. The summed E-state index contributed by atoms with van der Waals surface area (Å²) in [5.41, 5.74) is 2.98. The number of rotatable bonds is 3. The number of halogens is 1. The van der Waals surface area contributed by atoms with E-state index in [1.54, 1.807) is 17.0 Å². The van der Waals surface area contributed by atoms with Gasteiger partial charge in [0.25, 0.3) is 11.8 Å². The molecule has 1 aliphatic carbocycles. The standard InChI is InChI=1S/C26H30FN3O2/c27-24-8-2-1-7-23(24)26(32)30-14-11-19-17-20(9-10-21(19)18-30)25(31)29-13-4-12-28(15-16-29)22-5-3-6-22/h1-2,7-10,17,22H,3-6,11-16,18H2. The van der Waals surface area contributed by atoms with Crippen LogP contribution in [0, 0.1) is 5.82 Å². The number of amides is 2. The van der Waals surface area contributed by atoms with Crippen molar-refractivity contribution in [2.24, 2.45) is 0 Å². The molecule has 2 heterocycles. The third kappa shape index (κ3) is 4.16. The Hall–Kier alpha value is -2.73. The minimum atomic E-state index is -0.488. The lowest BCUT2D eigenvalue weighted by Gasteiger charge is -2.36. The Morgan fingerprint density at radius 1 is 0.812 bits per heavy atom. The first-order chi connectivity index (χ1) is 15.6. The van der Waals surface area contributed by atoms with Crippen LogP contribution in [0.3, 0.4) is 0 Å². The maximum absolute atomic E-state index is 14.0. The fourth-order valence-corrected chi connectivity index (χ4v) is 5.10. The molecule has 2 aromatic rings. The lowest BCUT2D eigenvalue weighted by atomic mass is 9.91. The summed E-state index contributed by atoms with van der Waals surface area (Å²) in [7, 11) is 0. The third-order valence-electron chi connectivity index (χ3n) is 7.27. The quantitative estimate of drug-likeness (QED) is 0.738. The van der Waals surface area contributed by atoms with Crippen molar-refractivity contribution >= 4 is 11.8 Å². The fourth-order valence-electron chi connectivity index (χ4n) is 5.10. The van der Waals surface area contributed by atoms with Crippen LogP contribution in [-0.2, 0) is 13.0 Å². The van der Waals surface area contributed by atoms with Crippen LogP contribution < -0.4 is 0 Å². The van der Waals surface area contributed by atoms with E-state index in [1.165, 1.54) is 31.4 Å². The monoisotopic (exact) mass is 435 g/mol. The largest absolute Gasteiger partial charge is 0.337 e. The van der Waals surface area contributed by atoms with Crippen LogP contribution in [0.15, 0.2) is 42.5 Å². The molecular formula is C26H30FN3O2. The number of benzene rings is 2. The molecule has 0 aromatic heterocycles. The SMILES string of the molecule is O=C(c1ccc2c(c1)CCN(C(=O)c1ccccc1F)C2)N1CCCN(C2CCC2)CC1. The second-order valence-corrected chi connectivity index (χ2v) is 9.21. The lowest BCUT2D eigenvalue weighted by molar-refractivity contribution is 0.0724. The Bertz CT molecular complexity index is 1020. The van der Waals surface area contributed by atoms with Crippen LogP contribution in [0.1, 0.15) is 57.5 Å². The smallest absolute Gasteiger partial charge is 0.257 e. The molecule has 5 nitrogen and oxygen atoms in total. The Balaban J connectivity index is 1.25. The molecule has 2 amide bonds. The molecule has 1 saturated carbocycles. The van der Waals surface area contributed by atoms with E-state index in [0.717, 1.165) is 55.3 Å². The maximum atomic E-state index is 14.0. The van der Waals surface area contributed by atoms with Crippen LogP contribution in [0.5, 0.6) is 0 Å². The van der Waals surface area contributed by atoms with E-state index in [2.05, 4.69) is 4.90 Å². The van der Waals surface area contributed by atoms with Crippen molar-refractivity contribution in [2.75, 3.05) is 32.7 Å². The summed E-state index contributed by atoms with van der Waals surface area (Å²) >= 11 is 0. The lowest BCUT2D eigenvalue weighted by Crippen LogP contribution is -2.42. The number of nitrogens with zero attached hydrogens (tertiary/aromatic N) is 3. The molecule has 0 spiro atoms. The van der Waals surface area contributed by atoms with Gasteiger partial charge in [-0.3, -0.25) is 14.5 Å². The summed E-state index contributed by atoms with van der Waals surface area (Å²) in [5, 5.41) is 0. The molecule has 0 radical (unpaired) electrons. The molecule has 3 aliphatic rings. The molecule has 2 aromatic carbocycles. The van der Waals surface area contributed by atoms with Crippen LogP contribution in [0.4, 0.5) is 4.39 Å². The van der Waals surface area contributed by atoms with E-state index in [-0.39, 0.29) is 17.4 Å². The summed E-state index contributed by atoms with van der Waals surface area (Å²) in [6.07, 6.45) is 5.64. The number of carbonyl (C=O) groups is 2. The zero-order valence-electron chi connectivity index (χ0n) is 18.4. The van der Waals surface area contributed by atoms with Crippen LogP contribution in [-0.4, -0.2) is 65.3 Å². The molecule has 0 atom stereocenters. The molecule has 0 N–H and O–H groups in total. The van der Waals surface area contributed by atoms with Crippen molar-refractivity contribution in [1.29, 1.82) is 0 Å². The van der Waals surface area contributed by atoms with Gasteiger partial charge in [-0.25, -0.2) is 4.39 Å². The molecule has 168 valence electrons. The molecule has 1 saturated heterocycles. The Morgan fingerprint density at radius 2 is 1.66 bits per heavy atom. The molecule has 0 bridgehead atoms. The Labute approximate surface area is 188 Å². The van der Waals surface area contributed by atoms with Gasteiger partial charge in [-0.1, -0.05) is 24.6 Å². The first-order valence-electron chi connectivity index (χ1n) is 11.8. The van der Waals surface area contributed by atoms with E-state index in [0.29, 0.717) is 19.5 Å². The Morgan fingerprint density at radius 3 is 2.44 bits per heavy atom. The molecule has 5 rings (SSSR count). The molecule has 32 heavy (non-hydrogen) atoms. The molecule has 0 unspecified atom stereocenters. The van der Waals surface area contributed by atoms with Gasteiger partial charge in [0.1, 0.15) is 5.82 Å². The predicted molar refractivity (Wildman–Crippen MR) is 121 cm³/mol. The van der Waals surface area contributed by atoms with E-state index in [4.69, 9.17) is 0 Å². The summed E-state index contributed by atoms with van der Waals surface area (Å²) in [6, 6.07) is 12.7. The van der Waals surface area contributed by atoms with Crippen molar-refractivity contribution in [3.05, 3.63) is 70.5 Å². The van der Waals surface area contributed by atoms with E-state index in [9.17, 15) is 14.0 Å². The fraction of sp³-hybridized carbons (Fsp3) is 0.462. The summed E-state index contributed by atoms with van der Waals surface area (Å²) in [5.74, 6) is -0.667. The minimum absolute atomic E-state index is 0.105. The highest BCUT2D eigenvalue weighted by atomic mass is 19.1. The van der Waals surface area contributed by atoms with Gasteiger partial charge in [-0.05, 0) is 61.1 Å². The van der Waals surface area contributed by atoms with Crippen molar-refractivity contribution in [1.82, 2.24) is 14.7 Å². The zero-order valence-corrected chi connectivity index (χ0v) is 18.4. The second-order valence-electron chi connectivity index (χ2n) is 9.21. The van der Waals surface area contributed by atoms with Gasteiger partial charge in [0.05, 0.1) is 5.56 Å². The van der Waals surface area contributed by atoms with Gasteiger partial charge in [0.2, 0.25) is 0 Å². The van der Waals surface area contributed by atoms with Crippen molar-refractivity contribution in [3.63, 3.8) is 0 Å². The molecular weight excluding hydrogens is 405 g/mol. The summed E-state index contributed by atoms with van der Waals surface area (Å²) < 4.78 is 14.0. The van der Waals surface area contributed by atoms with Crippen LogP contribution in [0.2, 0.25) is 0 Å². The van der Waals surface area contributed by atoms with Crippen molar-refractivity contribution in [2.45, 2.75) is 44.7 Å². The van der Waals surface area contributed by atoms with Gasteiger partial charge in [0, 0.05) is 50.9 Å². The molecule has 2 fully saturated rings. The summed E-state index contributed by atoms with van der Waals surface area (Å²) in [6.45, 7) is 4.62. The number of hydrogen-bond donors (Lipinski definition) is 0. The average Bonchev–Trinajstić information content (AvgIpc) is 3.03. The Kier molecular flexibility index (Phi) is 5.96. The van der Waals surface area contributed by atoms with Crippen LogP contribution >= 0.6 is 0 Å². The van der Waals surface area contributed by atoms with Gasteiger partial charge in [0.15, 0.2) is 0 Å². The van der Waals surface area contributed by atoms with Gasteiger partial charge < -0.3 is 9.80 Å². The van der Waals surface area contributed by atoms with E-state index < -0.39 is 5.82 Å². The topological polar surface area (TPSA) is 43.9 Å². The zero-order chi connectivity index (χ0) is 22.1. The number of fused-ring (bicyclic) bond motifs is 1. The summed E-state index contributed by atoms with van der Waals surface area (Å²) in [4.78, 5) is 32.2. The highest BCUT2D eigenvalue weighted by molar-refractivity contribution is 5.95. The highest BCUT2D eigenvalue weighted by Gasteiger charge is 2.29. The normalized spacial score (nSPS) is 19.8. The third-order valence-corrected chi connectivity index (χ3v) is 7.27. The maximum Gasteiger partial charge on any atom is 0.257 e. The second kappa shape index (κ2) is 9.02. The first kappa shape index (κ1) is 21.1. The van der Waals surface area contributed by atoms with Gasteiger partial charge in [-0.2, -0.15) is 0 Å². The molecule has 2 aliphatic heterocycles. The van der Waals surface area contributed by atoms with Gasteiger partial charge >= 0.3 is 0 Å². The van der Waals surface area contributed by atoms with Gasteiger partial charge in [-0.15, -0.1) is 0 Å². The number of hydrogen-bond acceptors (Lipinski definition) is 3. The first-order valence-corrected chi connectivity index (χ1v) is 11.8. The van der Waals surface area contributed by atoms with E-state index >= 15 is 0 Å². The van der Waals surface area contributed by atoms with Crippen molar-refractivity contribution < 1.29 is 14.0 Å². The number of carbonyl (C=O) groups excluding carboxylic acids is 2. The van der Waals surface area contributed by atoms with Crippen molar-refractivity contribution in [3.8, 4) is 0 Å². The predicted octanol–water partition coefficient (Wildman–Crippen LogP) is 3.72. The minimum Gasteiger partial charge on any atom is -0.337 e. The van der Waals surface area contributed by atoms with Crippen LogP contribution in [0.25, 0.3) is 0 Å². The van der Waals surface area contributed by atoms with E-state index in [1.807, 2.05) is 23.1 Å². The average molecular weight is 436 g/mol. The highest BCUT2D eigenvalue weighted by Crippen LogP contribution is 2.26.